The highest BCUT2D eigenvalue weighted by Crippen LogP contribution is 2.38. The van der Waals surface area contributed by atoms with Crippen molar-refractivity contribution in [3.63, 3.8) is 0 Å². The third-order valence-corrected chi connectivity index (χ3v) is 4.11. The minimum atomic E-state index is -0.512. The molecule has 1 saturated heterocycles. The fourth-order valence-corrected chi connectivity index (χ4v) is 2.89. The highest BCUT2D eigenvalue weighted by molar-refractivity contribution is 6.32. The molecule has 6 nitrogen and oxygen atoms in total. The molecule has 0 aliphatic carbocycles. The zero-order valence-electron chi connectivity index (χ0n) is 12.2. The van der Waals surface area contributed by atoms with Crippen molar-refractivity contribution in [3.8, 4) is 11.5 Å². The van der Waals surface area contributed by atoms with E-state index >= 15 is 0 Å². The Morgan fingerprint density at radius 3 is 2.95 bits per heavy atom. The summed E-state index contributed by atoms with van der Waals surface area (Å²) in [5, 5.41) is 3.13. The third kappa shape index (κ3) is 2.70. The van der Waals surface area contributed by atoms with E-state index in [4.69, 9.17) is 21.1 Å². The highest BCUT2D eigenvalue weighted by Gasteiger charge is 2.30. The van der Waals surface area contributed by atoms with Crippen molar-refractivity contribution in [2.45, 2.75) is 19.4 Å². The molecule has 0 spiro atoms. The molecule has 3 rings (SSSR count). The SMILES string of the molecule is C[C@H]1C(=O)NCCCN1C(=O)c1cc(Cl)c2c(c1)OCCO2. The summed E-state index contributed by atoms with van der Waals surface area (Å²) >= 11 is 6.17. The Morgan fingerprint density at radius 1 is 1.36 bits per heavy atom. The number of rotatable bonds is 1. The molecule has 1 aromatic rings. The lowest BCUT2D eigenvalue weighted by atomic mass is 10.1. The zero-order chi connectivity index (χ0) is 15.7. The Morgan fingerprint density at radius 2 is 2.14 bits per heavy atom. The Balaban J connectivity index is 1.91. The van der Waals surface area contributed by atoms with E-state index in [2.05, 4.69) is 5.32 Å². The number of hydrogen-bond donors (Lipinski definition) is 1. The van der Waals surface area contributed by atoms with Gasteiger partial charge < -0.3 is 19.7 Å². The average Bonchev–Trinajstić information content (AvgIpc) is 2.69. The molecule has 0 radical (unpaired) electrons. The Kier molecular flexibility index (Phi) is 4.11. The number of halogens is 1. The van der Waals surface area contributed by atoms with Crippen molar-refractivity contribution in [1.29, 1.82) is 0 Å². The Hall–Kier alpha value is -1.95. The molecule has 0 saturated carbocycles. The number of hydrogen-bond acceptors (Lipinski definition) is 4. The van der Waals surface area contributed by atoms with Gasteiger partial charge in [0.05, 0.1) is 5.02 Å². The van der Waals surface area contributed by atoms with Gasteiger partial charge in [0.1, 0.15) is 19.3 Å². The predicted octanol–water partition coefficient (Wildman–Crippen LogP) is 1.46. The number of benzene rings is 1. The normalized spacial score (nSPS) is 21.1. The van der Waals surface area contributed by atoms with Crippen LogP contribution in [0.2, 0.25) is 5.02 Å². The van der Waals surface area contributed by atoms with Gasteiger partial charge in [-0.1, -0.05) is 11.6 Å². The maximum absolute atomic E-state index is 12.7. The molecular weight excluding hydrogens is 308 g/mol. The van der Waals surface area contributed by atoms with Crippen molar-refractivity contribution in [3.05, 3.63) is 22.7 Å². The third-order valence-electron chi connectivity index (χ3n) is 3.83. The molecule has 118 valence electrons. The molecule has 2 aliphatic rings. The molecular formula is C15H17ClN2O4. The van der Waals surface area contributed by atoms with Gasteiger partial charge in [0.25, 0.3) is 5.91 Å². The van der Waals surface area contributed by atoms with Crippen molar-refractivity contribution >= 4 is 23.4 Å². The van der Waals surface area contributed by atoms with Crippen LogP contribution in [0.15, 0.2) is 12.1 Å². The minimum Gasteiger partial charge on any atom is -0.486 e. The van der Waals surface area contributed by atoms with Gasteiger partial charge in [0, 0.05) is 18.7 Å². The van der Waals surface area contributed by atoms with Crippen LogP contribution >= 0.6 is 11.6 Å². The van der Waals surface area contributed by atoms with E-state index in [0.29, 0.717) is 48.4 Å². The molecule has 2 aliphatic heterocycles. The summed E-state index contributed by atoms with van der Waals surface area (Å²) in [7, 11) is 0. The van der Waals surface area contributed by atoms with Gasteiger partial charge in [0.15, 0.2) is 11.5 Å². The molecule has 1 N–H and O–H groups in total. The smallest absolute Gasteiger partial charge is 0.254 e. The lowest BCUT2D eigenvalue weighted by Gasteiger charge is -2.26. The summed E-state index contributed by atoms with van der Waals surface area (Å²) in [5.41, 5.74) is 0.399. The summed E-state index contributed by atoms with van der Waals surface area (Å²) in [6, 6.07) is 2.67. The van der Waals surface area contributed by atoms with Gasteiger partial charge in [-0.15, -0.1) is 0 Å². The first-order valence-electron chi connectivity index (χ1n) is 7.26. The van der Waals surface area contributed by atoms with E-state index < -0.39 is 6.04 Å². The first-order chi connectivity index (χ1) is 10.6. The second kappa shape index (κ2) is 6.04. The second-order valence-electron chi connectivity index (χ2n) is 5.30. The molecule has 1 aromatic carbocycles. The Labute approximate surface area is 133 Å². The summed E-state index contributed by atoms with van der Waals surface area (Å²) in [4.78, 5) is 26.2. The van der Waals surface area contributed by atoms with Crippen molar-refractivity contribution in [1.82, 2.24) is 10.2 Å². The van der Waals surface area contributed by atoms with E-state index in [1.165, 1.54) is 0 Å². The lowest BCUT2D eigenvalue weighted by molar-refractivity contribution is -0.124. The van der Waals surface area contributed by atoms with Gasteiger partial charge in [-0.25, -0.2) is 0 Å². The zero-order valence-corrected chi connectivity index (χ0v) is 13.0. The van der Waals surface area contributed by atoms with E-state index in [-0.39, 0.29) is 11.8 Å². The standard InChI is InChI=1S/C15H17ClN2O4/c1-9-14(19)17-3-2-4-18(9)15(20)10-7-11(16)13-12(8-10)21-5-6-22-13/h7-9H,2-6H2,1H3,(H,17,19)/t9-/m0/s1. The quantitative estimate of drug-likeness (QED) is 0.849. The van der Waals surface area contributed by atoms with Gasteiger partial charge in [0.2, 0.25) is 5.91 Å². The highest BCUT2D eigenvalue weighted by atomic mass is 35.5. The summed E-state index contributed by atoms with van der Waals surface area (Å²) < 4.78 is 10.9. The summed E-state index contributed by atoms with van der Waals surface area (Å²) in [6.45, 7) is 3.67. The van der Waals surface area contributed by atoms with Crippen molar-refractivity contribution in [2.24, 2.45) is 0 Å². The molecule has 22 heavy (non-hydrogen) atoms. The van der Waals surface area contributed by atoms with E-state index in [0.717, 1.165) is 6.42 Å². The van der Waals surface area contributed by atoms with Crippen LogP contribution < -0.4 is 14.8 Å². The number of amides is 2. The molecule has 1 atom stereocenters. The number of nitrogens with zero attached hydrogens (tertiary/aromatic N) is 1. The van der Waals surface area contributed by atoms with Crippen LogP contribution in [0.1, 0.15) is 23.7 Å². The van der Waals surface area contributed by atoms with Crippen LogP contribution in [-0.2, 0) is 4.79 Å². The first-order valence-corrected chi connectivity index (χ1v) is 7.63. The second-order valence-corrected chi connectivity index (χ2v) is 5.71. The molecule has 2 amide bonds. The van der Waals surface area contributed by atoms with Crippen molar-refractivity contribution in [2.75, 3.05) is 26.3 Å². The fraction of sp³-hybridized carbons (Fsp3) is 0.467. The maximum atomic E-state index is 12.7. The van der Waals surface area contributed by atoms with E-state index in [1.807, 2.05) is 0 Å². The molecule has 2 heterocycles. The molecule has 0 aromatic heterocycles. The Bertz CT molecular complexity index is 620. The summed E-state index contributed by atoms with van der Waals surface area (Å²) in [6.07, 6.45) is 0.722. The predicted molar refractivity (Wildman–Crippen MR) is 80.6 cm³/mol. The van der Waals surface area contributed by atoms with Gasteiger partial charge in [-0.2, -0.15) is 0 Å². The number of fused-ring (bicyclic) bond motifs is 1. The van der Waals surface area contributed by atoms with Crippen LogP contribution in [0.25, 0.3) is 0 Å². The van der Waals surface area contributed by atoms with Crippen LogP contribution in [-0.4, -0.2) is 49.1 Å². The molecule has 0 unspecified atom stereocenters. The topological polar surface area (TPSA) is 67.9 Å². The van der Waals surface area contributed by atoms with Crippen molar-refractivity contribution < 1.29 is 19.1 Å². The number of ether oxygens (including phenoxy) is 2. The van der Waals surface area contributed by atoms with Crippen LogP contribution in [0.5, 0.6) is 11.5 Å². The number of carbonyl (C=O) groups excluding carboxylic acids is 2. The summed E-state index contributed by atoms with van der Waals surface area (Å²) in [5.74, 6) is 0.554. The largest absolute Gasteiger partial charge is 0.486 e. The fourth-order valence-electron chi connectivity index (χ4n) is 2.62. The van der Waals surface area contributed by atoms with Gasteiger partial charge in [-0.05, 0) is 25.5 Å². The minimum absolute atomic E-state index is 0.144. The van der Waals surface area contributed by atoms with Gasteiger partial charge >= 0.3 is 0 Å². The number of nitrogens with one attached hydrogen (secondary N) is 1. The van der Waals surface area contributed by atoms with Crippen LogP contribution in [0.3, 0.4) is 0 Å². The average molecular weight is 325 g/mol. The monoisotopic (exact) mass is 324 g/mol. The lowest BCUT2D eigenvalue weighted by Crippen LogP contribution is -2.45. The van der Waals surface area contributed by atoms with E-state index in [9.17, 15) is 9.59 Å². The van der Waals surface area contributed by atoms with Crippen LogP contribution in [0, 0.1) is 0 Å². The van der Waals surface area contributed by atoms with Gasteiger partial charge in [-0.3, -0.25) is 9.59 Å². The first kappa shape index (κ1) is 15.0. The maximum Gasteiger partial charge on any atom is 0.254 e. The number of carbonyl (C=O) groups is 2. The van der Waals surface area contributed by atoms with E-state index in [1.54, 1.807) is 24.0 Å². The molecule has 1 fully saturated rings. The molecule has 7 heteroatoms. The molecule has 0 bridgehead atoms. The van der Waals surface area contributed by atoms with Crippen LogP contribution in [0.4, 0.5) is 0 Å².